The van der Waals surface area contributed by atoms with E-state index < -0.39 is 0 Å². The summed E-state index contributed by atoms with van der Waals surface area (Å²) < 4.78 is 1.98. The number of benzene rings is 1. The third-order valence-corrected chi connectivity index (χ3v) is 4.04. The van der Waals surface area contributed by atoms with Gasteiger partial charge in [0.15, 0.2) is 0 Å². The number of aryl methyl sites for hydroxylation is 1. The largest absolute Gasteiger partial charge is 0.345 e. The van der Waals surface area contributed by atoms with Gasteiger partial charge in [0.2, 0.25) is 11.7 Å². The first-order valence-electron chi connectivity index (χ1n) is 8.19. The van der Waals surface area contributed by atoms with Gasteiger partial charge < -0.3 is 9.88 Å². The molecule has 1 aromatic carbocycles. The molecule has 26 heavy (non-hydrogen) atoms. The molecule has 0 saturated heterocycles. The van der Waals surface area contributed by atoms with Gasteiger partial charge >= 0.3 is 0 Å². The standard InChI is InChI=1S/C21H21N3O2/c1-5-10-24-14(2)11-20(15(24)3)21(26)18(13-22)12-17-6-8-19(9-7-17)23-16(4)25/h5-9,11-12H,1,10H2,2-4H3,(H,23,25)/b18-12+. The molecular weight excluding hydrogens is 326 g/mol. The van der Waals surface area contributed by atoms with E-state index in [2.05, 4.69) is 11.9 Å². The van der Waals surface area contributed by atoms with E-state index in [4.69, 9.17) is 0 Å². The van der Waals surface area contributed by atoms with E-state index >= 15 is 0 Å². The zero-order chi connectivity index (χ0) is 19.3. The maximum Gasteiger partial charge on any atom is 0.221 e. The Bertz CT molecular complexity index is 925. The zero-order valence-electron chi connectivity index (χ0n) is 15.2. The first-order valence-corrected chi connectivity index (χ1v) is 8.19. The predicted molar refractivity (Wildman–Crippen MR) is 103 cm³/mol. The molecule has 1 amide bonds. The Morgan fingerprint density at radius 2 is 1.92 bits per heavy atom. The summed E-state index contributed by atoms with van der Waals surface area (Å²) in [6.07, 6.45) is 3.32. The van der Waals surface area contributed by atoms with Crippen LogP contribution in [0.5, 0.6) is 0 Å². The van der Waals surface area contributed by atoms with Crippen molar-refractivity contribution >= 4 is 23.5 Å². The van der Waals surface area contributed by atoms with Crippen molar-refractivity contribution in [3.63, 3.8) is 0 Å². The van der Waals surface area contributed by atoms with Gasteiger partial charge in [-0.25, -0.2) is 0 Å². The molecule has 1 heterocycles. The Balaban J connectivity index is 2.33. The minimum absolute atomic E-state index is 0.0659. The van der Waals surface area contributed by atoms with Crippen molar-refractivity contribution < 1.29 is 9.59 Å². The van der Waals surface area contributed by atoms with Gasteiger partial charge in [0, 0.05) is 36.1 Å². The molecule has 0 aliphatic rings. The maximum absolute atomic E-state index is 12.8. The Hall–Kier alpha value is -3.39. The second-order valence-electron chi connectivity index (χ2n) is 5.99. The summed E-state index contributed by atoms with van der Waals surface area (Å²) in [6.45, 7) is 9.56. The minimum atomic E-state index is -0.304. The van der Waals surface area contributed by atoms with Crippen LogP contribution in [0.15, 0.2) is 48.6 Å². The third kappa shape index (κ3) is 4.17. The van der Waals surface area contributed by atoms with Crippen LogP contribution in [0.25, 0.3) is 6.08 Å². The van der Waals surface area contributed by atoms with Gasteiger partial charge in [0.1, 0.15) is 11.6 Å². The monoisotopic (exact) mass is 347 g/mol. The molecule has 0 saturated carbocycles. The molecule has 0 aliphatic heterocycles. The average Bonchev–Trinajstić information content (AvgIpc) is 2.88. The van der Waals surface area contributed by atoms with E-state index in [0.29, 0.717) is 23.4 Å². The van der Waals surface area contributed by atoms with Gasteiger partial charge in [-0.2, -0.15) is 5.26 Å². The van der Waals surface area contributed by atoms with E-state index in [1.54, 1.807) is 42.5 Å². The van der Waals surface area contributed by atoms with E-state index in [0.717, 1.165) is 11.4 Å². The number of carbonyl (C=O) groups is 2. The summed E-state index contributed by atoms with van der Waals surface area (Å²) in [5, 5.41) is 12.1. The van der Waals surface area contributed by atoms with Gasteiger partial charge in [-0.15, -0.1) is 6.58 Å². The molecule has 0 radical (unpaired) electrons. The number of hydrogen-bond acceptors (Lipinski definition) is 3. The van der Waals surface area contributed by atoms with Crippen LogP contribution in [0, 0.1) is 25.2 Å². The topological polar surface area (TPSA) is 74.9 Å². The molecule has 5 nitrogen and oxygen atoms in total. The second-order valence-corrected chi connectivity index (χ2v) is 5.99. The highest BCUT2D eigenvalue weighted by Gasteiger charge is 2.18. The predicted octanol–water partition coefficient (Wildman–Crippen LogP) is 4.04. The molecule has 0 unspecified atom stereocenters. The lowest BCUT2D eigenvalue weighted by Crippen LogP contribution is -2.06. The lowest BCUT2D eigenvalue weighted by molar-refractivity contribution is -0.114. The van der Waals surface area contributed by atoms with E-state index in [1.165, 1.54) is 6.92 Å². The Labute approximate surface area is 153 Å². The van der Waals surface area contributed by atoms with Crippen LogP contribution in [-0.2, 0) is 11.3 Å². The molecule has 2 aromatic rings. The molecule has 0 aliphatic carbocycles. The maximum atomic E-state index is 12.8. The van der Waals surface area contributed by atoms with Crippen LogP contribution in [0.1, 0.15) is 34.2 Å². The fraction of sp³-hybridized carbons (Fsp3) is 0.190. The quantitative estimate of drug-likeness (QED) is 0.371. The first kappa shape index (κ1) is 18.9. The van der Waals surface area contributed by atoms with Crippen LogP contribution < -0.4 is 5.32 Å². The number of allylic oxidation sites excluding steroid dienone is 2. The highest BCUT2D eigenvalue weighted by Crippen LogP contribution is 2.20. The Morgan fingerprint density at radius 1 is 1.27 bits per heavy atom. The van der Waals surface area contributed by atoms with Crippen molar-refractivity contribution in [1.82, 2.24) is 4.57 Å². The average molecular weight is 347 g/mol. The van der Waals surface area contributed by atoms with E-state index in [-0.39, 0.29) is 17.3 Å². The molecule has 0 bridgehead atoms. The molecule has 2 rings (SSSR count). The van der Waals surface area contributed by atoms with Gasteiger partial charge in [-0.3, -0.25) is 9.59 Å². The summed E-state index contributed by atoms with van der Waals surface area (Å²) in [5.41, 5.74) is 3.72. The van der Waals surface area contributed by atoms with Crippen molar-refractivity contribution in [2.45, 2.75) is 27.3 Å². The van der Waals surface area contributed by atoms with Crippen LogP contribution in [0.4, 0.5) is 5.69 Å². The van der Waals surface area contributed by atoms with Crippen molar-refractivity contribution in [1.29, 1.82) is 5.26 Å². The number of hydrogen-bond donors (Lipinski definition) is 1. The van der Waals surface area contributed by atoms with Crippen molar-refractivity contribution in [3.05, 3.63) is 71.1 Å². The number of aromatic nitrogens is 1. The number of nitriles is 1. The first-order chi connectivity index (χ1) is 12.4. The molecule has 0 fully saturated rings. The van der Waals surface area contributed by atoms with Crippen LogP contribution >= 0.6 is 0 Å². The number of rotatable bonds is 6. The van der Waals surface area contributed by atoms with Gasteiger partial charge in [-0.1, -0.05) is 18.2 Å². The SMILES string of the molecule is C=CCn1c(C)cc(C(=O)/C(C#N)=C/c2ccc(NC(C)=O)cc2)c1C. The molecular formula is C21H21N3O2. The molecule has 1 aromatic heterocycles. The minimum Gasteiger partial charge on any atom is -0.345 e. The normalized spacial score (nSPS) is 10.9. The number of nitrogens with zero attached hydrogens (tertiary/aromatic N) is 2. The third-order valence-electron chi connectivity index (χ3n) is 4.04. The zero-order valence-corrected chi connectivity index (χ0v) is 15.2. The number of ketones is 1. The lowest BCUT2D eigenvalue weighted by Gasteiger charge is -2.06. The summed E-state index contributed by atoms with van der Waals surface area (Å²) in [5.74, 6) is -0.460. The molecule has 0 atom stereocenters. The van der Waals surface area contributed by atoms with Crippen molar-refractivity contribution in [2.75, 3.05) is 5.32 Å². The van der Waals surface area contributed by atoms with Crippen LogP contribution in [0.3, 0.4) is 0 Å². The van der Waals surface area contributed by atoms with E-state index in [9.17, 15) is 14.9 Å². The van der Waals surface area contributed by atoms with Crippen LogP contribution in [0.2, 0.25) is 0 Å². The number of carbonyl (C=O) groups excluding carboxylic acids is 2. The van der Waals surface area contributed by atoms with Crippen molar-refractivity contribution in [2.24, 2.45) is 0 Å². The summed E-state index contributed by atoms with van der Waals surface area (Å²) in [4.78, 5) is 23.9. The molecule has 1 N–H and O–H groups in total. The summed E-state index contributed by atoms with van der Waals surface area (Å²) in [6, 6.07) is 10.7. The fourth-order valence-corrected chi connectivity index (χ4v) is 2.77. The summed E-state index contributed by atoms with van der Waals surface area (Å²) >= 11 is 0. The van der Waals surface area contributed by atoms with Gasteiger partial charge in [0.05, 0.1) is 0 Å². The van der Waals surface area contributed by atoms with Crippen molar-refractivity contribution in [3.8, 4) is 6.07 Å². The van der Waals surface area contributed by atoms with Crippen LogP contribution in [-0.4, -0.2) is 16.3 Å². The highest BCUT2D eigenvalue weighted by atomic mass is 16.1. The van der Waals surface area contributed by atoms with E-state index in [1.807, 2.05) is 24.5 Å². The van der Waals surface area contributed by atoms with Gasteiger partial charge in [-0.05, 0) is 43.7 Å². The molecule has 132 valence electrons. The number of Topliss-reactive ketones (excluding diaryl/α,β-unsaturated/α-hetero) is 1. The lowest BCUT2D eigenvalue weighted by atomic mass is 10.0. The molecule has 0 spiro atoms. The molecule has 5 heteroatoms. The Kier molecular flexibility index (Phi) is 5.92. The second kappa shape index (κ2) is 8.13. The Morgan fingerprint density at radius 3 is 2.46 bits per heavy atom. The number of anilines is 1. The number of nitrogens with one attached hydrogen (secondary N) is 1. The summed E-state index contributed by atoms with van der Waals surface area (Å²) in [7, 11) is 0. The number of amides is 1. The highest BCUT2D eigenvalue weighted by molar-refractivity contribution is 6.14. The smallest absolute Gasteiger partial charge is 0.221 e. The fourth-order valence-electron chi connectivity index (χ4n) is 2.77. The van der Waals surface area contributed by atoms with Gasteiger partial charge in [0.25, 0.3) is 0 Å².